The largest absolute Gasteiger partial charge is 0.451 e. The van der Waals surface area contributed by atoms with Crippen LogP contribution in [0.5, 0.6) is 0 Å². The Morgan fingerprint density at radius 2 is 1.79 bits per heavy atom. The van der Waals surface area contributed by atoms with Crippen molar-refractivity contribution in [1.29, 1.82) is 0 Å². The van der Waals surface area contributed by atoms with Crippen molar-refractivity contribution in [3.63, 3.8) is 0 Å². The Morgan fingerprint density at radius 3 is 2.41 bits per heavy atom. The molecule has 1 N–H and O–H groups in total. The lowest BCUT2D eigenvalue weighted by molar-refractivity contribution is -0.188. The summed E-state index contributed by atoms with van der Waals surface area (Å²) in [6.45, 7) is 9.54. The lowest BCUT2D eigenvalue weighted by atomic mass is 9.44. The van der Waals surface area contributed by atoms with Crippen LogP contribution in [0.4, 0.5) is 0 Å². The third-order valence-electron chi connectivity index (χ3n) is 9.32. The fourth-order valence-electron chi connectivity index (χ4n) is 8.11. The number of fused-ring (bicyclic) bond motifs is 5. The van der Waals surface area contributed by atoms with Gasteiger partial charge in [0, 0.05) is 12.3 Å². The van der Waals surface area contributed by atoms with E-state index in [1.807, 2.05) is 0 Å². The van der Waals surface area contributed by atoms with Crippen LogP contribution in [0.2, 0.25) is 0 Å². The second-order valence-electron chi connectivity index (χ2n) is 10.6. The number of ether oxygens (including phenoxy) is 1. The summed E-state index contributed by atoms with van der Waals surface area (Å²) in [5.41, 5.74) is -0.351. The average molecular weight is 403 g/mol. The molecule has 3 fully saturated rings. The van der Waals surface area contributed by atoms with Crippen molar-refractivity contribution in [1.82, 2.24) is 0 Å². The number of aliphatic hydroxyl groups excluding tert-OH is 1. The summed E-state index contributed by atoms with van der Waals surface area (Å²) in [6.07, 6.45) is 5.52. The molecule has 5 nitrogen and oxygen atoms in total. The molecule has 4 aliphatic rings. The number of ketones is 2. The molecule has 0 saturated heterocycles. The maximum atomic E-state index is 12.8. The van der Waals surface area contributed by atoms with Crippen molar-refractivity contribution < 1.29 is 24.2 Å². The Bertz CT molecular complexity index is 799. The molecule has 29 heavy (non-hydrogen) atoms. The number of esters is 1. The monoisotopic (exact) mass is 402 g/mol. The fraction of sp³-hybridized carbons (Fsp3) is 0.792. The number of hydrogen-bond acceptors (Lipinski definition) is 5. The minimum Gasteiger partial charge on any atom is -0.451 e. The number of aliphatic hydroxyl groups is 1. The molecular formula is C24H34O5. The number of carbonyl (C=O) groups is 3. The maximum absolute atomic E-state index is 12.8. The van der Waals surface area contributed by atoms with Gasteiger partial charge in [0.1, 0.15) is 6.10 Å². The molecule has 0 bridgehead atoms. The van der Waals surface area contributed by atoms with Gasteiger partial charge in [-0.05, 0) is 80.6 Å². The molecule has 3 saturated carbocycles. The highest BCUT2D eigenvalue weighted by molar-refractivity contribution is 5.95. The van der Waals surface area contributed by atoms with Crippen LogP contribution < -0.4 is 0 Å². The van der Waals surface area contributed by atoms with Gasteiger partial charge in [0.05, 0.1) is 0 Å². The lowest BCUT2D eigenvalue weighted by Gasteiger charge is -2.60. The van der Waals surface area contributed by atoms with Crippen molar-refractivity contribution in [2.45, 2.75) is 84.8 Å². The second kappa shape index (κ2) is 6.50. The topological polar surface area (TPSA) is 80.7 Å². The lowest BCUT2D eigenvalue weighted by Crippen LogP contribution is -2.59. The zero-order valence-electron chi connectivity index (χ0n) is 18.3. The summed E-state index contributed by atoms with van der Waals surface area (Å²) >= 11 is 0. The zero-order chi connectivity index (χ0) is 21.4. The summed E-state index contributed by atoms with van der Waals surface area (Å²) in [4.78, 5) is 36.9. The van der Waals surface area contributed by atoms with Gasteiger partial charge in [-0.2, -0.15) is 0 Å². The molecule has 0 heterocycles. The summed E-state index contributed by atoms with van der Waals surface area (Å²) in [6, 6.07) is 0. The molecule has 0 aliphatic heterocycles. The summed E-state index contributed by atoms with van der Waals surface area (Å²) in [5, 5.41) is 10.4. The molecule has 0 aromatic rings. The van der Waals surface area contributed by atoms with E-state index in [9.17, 15) is 19.5 Å². The zero-order valence-corrected chi connectivity index (χ0v) is 18.3. The van der Waals surface area contributed by atoms with Gasteiger partial charge in [-0.15, -0.1) is 0 Å². The fourth-order valence-corrected chi connectivity index (χ4v) is 8.11. The first-order valence-corrected chi connectivity index (χ1v) is 11.1. The number of rotatable bonds is 2. The van der Waals surface area contributed by atoms with Gasteiger partial charge in [0.15, 0.2) is 17.2 Å². The Hall–Kier alpha value is -1.49. The van der Waals surface area contributed by atoms with Gasteiger partial charge < -0.3 is 9.84 Å². The molecule has 0 spiro atoms. The van der Waals surface area contributed by atoms with Crippen LogP contribution in [0.1, 0.15) is 73.1 Å². The van der Waals surface area contributed by atoms with E-state index < -0.39 is 11.7 Å². The first-order chi connectivity index (χ1) is 13.5. The van der Waals surface area contributed by atoms with E-state index in [0.29, 0.717) is 30.6 Å². The molecule has 0 aromatic carbocycles. The molecule has 160 valence electrons. The third-order valence-corrected chi connectivity index (χ3v) is 9.32. The molecule has 0 amide bonds. The molecule has 0 aromatic heterocycles. The van der Waals surface area contributed by atoms with E-state index in [4.69, 9.17) is 4.74 Å². The van der Waals surface area contributed by atoms with E-state index >= 15 is 0 Å². The molecule has 4 aliphatic carbocycles. The van der Waals surface area contributed by atoms with Crippen LogP contribution in [0.3, 0.4) is 0 Å². The number of hydrogen-bond donors (Lipinski definition) is 1. The minimum absolute atomic E-state index is 0.0366. The van der Waals surface area contributed by atoms with Crippen molar-refractivity contribution in [3.05, 3.63) is 11.6 Å². The maximum Gasteiger partial charge on any atom is 0.303 e. The molecule has 0 radical (unpaired) electrons. The van der Waals surface area contributed by atoms with Crippen LogP contribution in [0.15, 0.2) is 11.6 Å². The number of Topliss-reactive ketones (excluding diaryl/α,β-unsaturated/α-hetero) is 1. The van der Waals surface area contributed by atoms with E-state index in [-0.39, 0.29) is 34.3 Å². The number of carbonyl (C=O) groups excluding carboxylic acids is 3. The highest BCUT2D eigenvalue weighted by Crippen LogP contribution is 2.69. The Labute approximate surface area is 173 Å². The van der Waals surface area contributed by atoms with Crippen LogP contribution >= 0.6 is 0 Å². The quantitative estimate of drug-likeness (QED) is 0.714. The van der Waals surface area contributed by atoms with Crippen LogP contribution in [-0.4, -0.2) is 34.3 Å². The van der Waals surface area contributed by atoms with E-state index in [2.05, 4.69) is 20.8 Å². The first-order valence-electron chi connectivity index (χ1n) is 11.1. The molecule has 1 unspecified atom stereocenters. The smallest absolute Gasteiger partial charge is 0.303 e. The second-order valence-corrected chi connectivity index (χ2v) is 10.6. The van der Waals surface area contributed by atoms with Gasteiger partial charge in [0.25, 0.3) is 0 Å². The van der Waals surface area contributed by atoms with Crippen molar-refractivity contribution >= 4 is 17.5 Å². The van der Waals surface area contributed by atoms with Gasteiger partial charge in [-0.1, -0.05) is 26.3 Å². The summed E-state index contributed by atoms with van der Waals surface area (Å²) in [7, 11) is 0. The molecule has 5 heteroatoms. The van der Waals surface area contributed by atoms with Gasteiger partial charge >= 0.3 is 5.97 Å². The molecule has 8 atom stereocenters. The first kappa shape index (κ1) is 20.8. The number of allylic oxidation sites excluding steroid dienone is 1. The average Bonchev–Trinajstić information content (AvgIpc) is 2.91. The highest BCUT2D eigenvalue weighted by Gasteiger charge is 2.68. The van der Waals surface area contributed by atoms with Crippen LogP contribution in [0.25, 0.3) is 0 Å². The van der Waals surface area contributed by atoms with Crippen molar-refractivity contribution in [2.75, 3.05) is 0 Å². The standard InChI is InChI=1S/C24H34O5/c1-13-10-16-17(22(4)12-21(28)20(27)11-19(13)22)6-8-23(5)18(16)7-9-24(23,14(2)25)29-15(3)26/h11,13,16-18,21,28H,6-10,12H2,1-5H3/t13-,16+,17-,18-,21?,22+,23-,24-/m0/s1. The Kier molecular flexibility index (Phi) is 4.66. The van der Waals surface area contributed by atoms with Crippen LogP contribution in [0, 0.1) is 34.5 Å². The van der Waals surface area contributed by atoms with Crippen molar-refractivity contribution in [3.8, 4) is 0 Å². The van der Waals surface area contributed by atoms with Gasteiger partial charge in [0.2, 0.25) is 0 Å². The molecular weight excluding hydrogens is 368 g/mol. The van der Waals surface area contributed by atoms with Gasteiger partial charge in [-0.25, -0.2) is 0 Å². The SMILES string of the molecule is CC(=O)O[C@]1(C(C)=O)CC[C@H]2[C@@H]3C[C@H](C)C4=CC(=O)C(O)C[C@]4(C)[C@H]3CC[C@@]21C. The predicted molar refractivity (Wildman–Crippen MR) is 108 cm³/mol. The third kappa shape index (κ3) is 2.65. The van der Waals surface area contributed by atoms with E-state index in [1.165, 1.54) is 12.5 Å². The predicted octanol–water partition coefficient (Wildman–Crippen LogP) is 3.63. The Balaban J connectivity index is 1.74. The Morgan fingerprint density at radius 1 is 1.14 bits per heavy atom. The van der Waals surface area contributed by atoms with Gasteiger partial charge in [-0.3, -0.25) is 14.4 Å². The minimum atomic E-state index is -1.02. The van der Waals surface area contributed by atoms with E-state index in [0.717, 1.165) is 25.7 Å². The van der Waals surface area contributed by atoms with Crippen LogP contribution in [-0.2, 0) is 19.1 Å². The van der Waals surface area contributed by atoms with E-state index in [1.54, 1.807) is 13.0 Å². The van der Waals surface area contributed by atoms with Crippen molar-refractivity contribution in [2.24, 2.45) is 34.5 Å². The summed E-state index contributed by atoms with van der Waals surface area (Å²) < 4.78 is 5.82. The normalized spacial score (nSPS) is 48.8. The highest BCUT2D eigenvalue weighted by atomic mass is 16.6. The molecule has 4 rings (SSSR count). The summed E-state index contributed by atoms with van der Waals surface area (Å²) in [5.74, 6) is 0.794.